The van der Waals surface area contributed by atoms with Crippen LogP contribution in [-0.4, -0.2) is 12.6 Å². The van der Waals surface area contributed by atoms with E-state index in [1.165, 1.54) is 32.1 Å². The molecular weight excluding hydrogens is 172 g/mol. The van der Waals surface area contributed by atoms with E-state index in [0.717, 1.165) is 6.54 Å². The van der Waals surface area contributed by atoms with Gasteiger partial charge in [-0.15, -0.1) is 0 Å². The predicted octanol–water partition coefficient (Wildman–Crippen LogP) is 2.70. The molecule has 2 heteroatoms. The average molecular weight is 194 g/mol. The van der Waals surface area contributed by atoms with E-state index in [4.69, 9.17) is 5.26 Å². The lowest BCUT2D eigenvalue weighted by Crippen LogP contribution is -2.38. The summed E-state index contributed by atoms with van der Waals surface area (Å²) in [6, 6.07) is 2.51. The largest absolute Gasteiger partial charge is 0.301 e. The second-order valence-corrected chi connectivity index (χ2v) is 4.81. The summed E-state index contributed by atoms with van der Waals surface area (Å²) in [6.45, 7) is 5.33. The highest BCUT2D eigenvalue weighted by Gasteiger charge is 2.22. The van der Waals surface area contributed by atoms with Crippen molar-refractivity contribution in [2.24, 2.45) is 11.8 Å². The zero-order valence-corrected chi connectivity index (χ0v) is 9.42. The van der Waals surface area contributed by atoms with Gasteiger partial charge in [0, 0.05) is 0 Å². The smallest absolute Gasteiger partial charge is 0.0981 e. The SMILES string of the molecule is CC(C)CNC(C#N)C1CCCCC1. The van der Waals surface area contributed by atoms with E-state index >= 15 is 0 Å². The van der Waals surface area contributed by atoms with Gasteiger partial charge in [0.2, 0.25) is 0 Å². The average Bonchev–Trinajstić information content (AvgIpc) is 2.20. The lowest BCUT2D eigenvalue weighted by Gasteiger charge is -2.26. The van der Waals surface area contributed by atoms with Crippen LogP contribution in [0.3, 0.4) is 0 Å². The molecule has 0 amide bonds. The number of nitriles is 1. The molecule has 1 unspecified atom stereocenters. The molecule has 0 aromatic carbocycles. The minimum absolute atomic E-state index is 0.0951. The Bertz CT molecular complexity index is 187. The Kier molecular flexibility index (Phi) is 4.97. The van der Waals surface area contributed by atoms with Gasteiger partial charge in [-0.05, 0) is 31.2 Å². The van der Waals surface area contributed by atoms with Crippen LogP contribution in [0.5, 0.6) is 0 Å². The summed E-state index contributed by atoms with van der Waals surface area (Å²) in [5, 5.41) is 12.5. The van der Waals surface area contributed by atoms with Crippen LogP contribution in [0, 0.1) is 23.2 Å². The lowest BCUT2D eigenvalue weighted by atomic mass is 9.84. The molecule has 0 aromatic heterocycles. The van der Waals surface area contributed by atoms with Crippen molar-refractivity contribution >= 4 is 0 Å². The fraction of sp³-hybridized carbons (Fsp3) is 0.917. The number of nitrogens with zero attached hydrogens (tertiary/aromatic N) is 1. The fourth-order valence-corrected chi connectivity index (χ4v) is 2.15. The molecule has 1 aliphatic carbocycles. The standard InChI is InChI=1S/C12H22N2/c1-10(2)9-14-12(8-13)11-6-4-3-5-7-11/h10-12,14H,3-7,9H2,1-2H3. The summed E-state index contributed by atoms with van der Waals surface area (Å²) in [5.74, 6) is 1.24. The summed E-state index contributed by atoms with van der Waals surface area (Å²) in [4.78, 5) is 0. The van der Waals surface area contributed by atoms with Gasteiger partial charge >= 0.3 is 0 Å². The second kappa shape index (κ2) is 6.03. The van der Waals surface area contributed by atoms with Crippen molar-refractivity contribution in [3.8, 4) is 6.07 Å². The summed E-state index contributed by atoms with van der Waals surface area (Å²) < 4.78 is 0. The molecule has 0 aliphatic heterocycles. The molecule has 1 fully saturated rings. The van der Waals surface area contributed by atoms with Crippen LogP contribution in [-0.2, 0) is 0 Å². The van der Waals surface area contributed by atoms with E-state index in [0.29, 0.717) is 11.8 Å². The summed E-state index contributed by atoms with van der Waals surface area (Å²) >= 11 is 0. The van der Waals surface area contributed by atoms with Crippen LogP contribution >= 0.6 is 0 Å². The zero-order chi connectivity index (χ0) is 10.4. The van der Waals surface area contributed by atoms with Crippen LogP contribution in [0.1, 0.15) is 46.0 Å². The van der Waals surface area contributed by atoms with Gasteiger partial charge in [-0.25, -0.2) is 0 Å². The summed E-state index contributed by atoms with van der Waals surface area (Å²) in [5.41, 5.74) is 0. The van der Waals surface area contributed by atoms with Gasteiger partial charge in [-0.3, -0.25) is 0 Å². The van der Waals surface area contributed by atoms with Crippen LogP contribution in [0.15, 0.2) is 0 Å². The third kappa shape index (κ3) is 3.67. The summed E-state index contributed by atoms with van der Waals surface area (Å²) in [7, 11) is 0. The van der Waals surface area contributed by atoms with E-state index in [1.807, 2.05) is 0 Å². The summed E-state index contributed by atoms with van der Waals surface area (Å²) in [6.07, 6.45) is 6.46. The minimum Gasteiger partial charge on any atom is -0.301 e. The van der Waals surface area contributed by atoms with Crippen molar-refractivity contribution < 1.29 is 0 Å². The Labute approximate surface area is 87.7 Å². The molecule has 1 aliphatic rings. The first kappa shape index (κ1) is 11.5. The Morgan fingerprint density at radius 2 is 1.93 bits per heavy atom. The van der Waals surface area contributed by atoms with Gasteiger partial charge < -0.3 is 5.32 Å². The van der Waals surface area contributed by atoms with Crippen molar-refractivity contribution in [2.75, 3.05) is 6.54 Å². The first-order chi connectivity index (χ1) is 6.74. The number of hydrogen-bond acceptors (Lipinski definition) is 2. The maximum absolute atomic E-state index is 9.08. The molecule has 1 rings (SSSR count). The van der Waals surface area contributed by atoms with Gasteiger partial charge in [0.15, 0.2) is 0 Å². The highest BCUT2D eigenvalue weighted by Crippen LogP contribution is 2.26. The fourth-order valence-electron chi connectivity index (χ4n) is 2.15. The Morgan fingerprint density at radius 1 is 1.29 bits per heavy atom. The lowest BCUT2D eigenvalue weighted by molar-refractivity contribution is 0.299. The molecule has 0 radical (unpaired) electrons. The highest BCUT2D eigenvalue weighted by atomic mass is 14.9. The molecule has 1 atom stereocenters. The normalized spacial score (nSPS) is 20.7. The molecule has 14 heavy (non-hydrogen) atoms. The van der Waals surface area contributed by atoms with Crippen LogP contribution in [0.25, 0.3) is 0 Å². The number of rotatable bonds is 4. The van der Waals surface area contributed by atoms with Crippen LogP contribution < -0.4 is 5.32 Å². The van der Waals surface area contributed by atoms with Gasteiger partial charge in [0.1, 0.15) is 0 Å². The van der Waals surface area contributed by atoms with Crippen molar-refractivity contribution in [1.29, 1.82) is 5.26 Å². The Morgan fingerprint density at radius 3 is 2.43 bits per heavy atom. The van der Waals surface area contributed by atoms with Gasteiger partial charge in [0.05, 0.1) is 12.1 Å². The highest BCUT2D eigenvalue weighted by molar-refractivity contribution is 4.95. The van der Waals surface area contributed by atoms with E-state index < -0.39 is 0 Å². The number of hydrogen-bond donors (Lipinski definition) is 1. The van der Waals surface area contributed by atoms with E-state index in [9.17, 15) is 0 Å². The molecule has 1 N–H and O–H groups in total. The molecule has 0 heterocycles. The molecule has 1 saturated carbocycles. The molecular formula is C12H22N2. The second-order valence-electron chi connectivity index (χ2n) is 4.81. The molecule has 0 bridgehead atoms. The van der Waals surface area contributed by atoms with Crippen molar-refractivity contribution in [3.63, 3.8) is 0 Å². The third-order valence-corrected chi connectivity index (χ3v) is 3.01. The maximum Gasteiger partial charge on any atom is 0.0981 e. The monoisotopic (exact) mass is 194 g/mol. The van der Waals surface area contributed by atoms with E-state index in [-0.39, 0.29) is 6.04 Å². The third-order valence-electron chi connectivity index (χ3n) is 3.01. The van der Waals surface area contributed by atoms with Gasteiger partial charge in [0.25, 0.3) is 0 Å². The topological polar surface area (TPSA) is 35.8 Å². The van der Waals surface area contributed by atoms with Crippen LogP contribution in [0.2, 0.25) is 0 Å². The van der Waals surface area contributed by atoms with Gasteiger partial charge in [-0.2, -0.15) is 5.26 Å². The molecule has 2 nitrogen and oxygen atoms in total. The van der Waals surface area contributed by atoms with E-state index in [1.54, 1.807) is 0 Å². The first-order valence-electron chi connectivity index (χ1n) is 5.87. The molecule has 80 valence electrons. The Balaban J connectivity index is 2.33. The predicted molar refractivity (Wildman–Crippen MR) is 58.8 cm³/mol. The zero-order valence-electron chi connectivity index (χ0n) is 9.42. The number of nitrogens with one attached hydrogen (secondary N) is 1. The van der Waals surface area contributed by atoms with Crippen molar-refractivity contribution in [1.82, 2.24) is 5.32 Å². The van der Waals surface area contributed by atoms with Crippen molar-refractivity contribution in [2.45, 2.75) is 52.0 Å². The Hall–Kier alpha value is -0.550. The molecule has 0 spiro atoms. The molecule has 0 saturated heterocycles. The van der Waals surface area contributed by atoms with Crippen LogP contribution in [0.4, 0.5) is 0 Å². The molecule has 0 aromatic rings. The van der Waals surface area contributed by atoms with E-state index in [2.05, 4.69) is 25.2 Å². The maximum atomic E-state index is 9.08. The quantitative estimate of drug-likeness (QED) is 0.747. The van der Waals surface area contributed by atoms with Crippen molar-refractivity contribution in [3.05, 3.63) is 0 Å². The first-order valence-corrected chi connectivity index (χ1v) is 5.87. The minimum atomic E-state index is 0.0951. The van der Waals surface area contributed by atoms with Gasteiger partial charge in [-0.1, -0.05) is 33.1 Å².